The summed E-state index contributed by atoms with van der Waals surface area (Å²) in [5, 5.41) is 0. The molecule has 1 aromatic carbocycles. The number of nitrogens with zero attached hydrogens (tertiary/aromatic N) is 2. The van der Waals surface area contributed by atoms with Gasteiger partial charge in [0.25, 0.3) is 5.91 Å². The van der Waals surface area contributed by atoms with Crippen molar-refractivity contribution < 1.29 is 13.9 Å². The van der Waals surface area contributed by atoms with E-state index in [1.165, 1.54) is 19.3 Å². The van der Waals surface area contributed by atoms with Gasteiger partial charge in [-0.1, -0.05) is 24.6 Å². The second kappa shape index (κ2) is 5.43. The van der Waals surface area contributed by atoms with Crippen LogP contribution in [0.25, 0.3) is 11.5 Å². The number of benzene rings is 1. The lowest BCUT2D eigenvalue weighted by molar-refractivity contribution is 0.0437. The fraction of sp³-hybridized carbons (Fsp3) is 0.500. The normalized spacial score (nSPS) is 26.7. The number of hydrogen-bond donors (Lipinski definition) is 0. The zero-order valence-corrected chi connectivity index (χ0v) is 14.4. The standard InChI is InChI=1S/C20H22N2O3/c1-13-17(25-18(21-13)14-6-3-2-4-7-14)19(23)22-12-20(8-5-9-20)15-10-24-11-16(15)22/h2-4,6-7,15-16H,5,8-12H2,1H3/t15-,16+/m1/s1. The van der Waals surface area contributed by atoms with E-state index < -0.39 is 0 Å². The molecule has 3 aliphatic rings. The number of oxazole rings is 1. The number of hydrogen-bond acceptors (Lipinski definition) is 4. The predicted molar refractivity (Wildman–Crippen MR) is 92.1 cm³/mol. The Bertz CT molecular complexity index is 810. The van der Waals surface area contributed by atoms with Crippen molar-refractivity contribution in [3.05, 3.63) is 41.8 Å². The molecular weight excluding hydrogens is 316 g/mol. The van der Waals surface area contributed by atoms with Gasteiger partial charge in [-0.25, -0.2) is 4.98 Å². The molecule has 1 spiro atoms. The third-order valence-corrected chi connectivity index (χ3v) is 6.34. The summed E-state index contributed by atoms with van der Waals surface area (Å²) >= 11 is 0. The van der Waals surface area contributed by atoms with Gasteiger partial charge in [-0.3, -0.25) is 4.79 Å². The highest BCUT2D eigenvalue weighted by molar-refractivity contribution is 5.93. The molecule has 1 saturated carbocycles. The number of ether oxygens (including phenoxy) is 1. The van der Waals surface area contributed by atoms with Gasteiger partial charge in [0.1, 0.15) is 0 Å². The van der Waals surface area contributed by atoms with Gasteiger partial charge in [0.15, 0.2) is 0 Å². The SMILES string of the molecule is Cc1nc(-c2ccccc2)oc1C(=O)N1CC2(CCC2)[C@@H]2COC[C@@H]21. The smallest absolute Gasteiger partial charge is 0.291 e. The largest absolute Gasteiger partial charge is 0.431 e. The average molecular weight is 338 g/mol. The molecule has 0 bridgehead atoms. The fourth-order valence-corrected chi connectivity index (χ4v) is 4.82. The van der Waals surface area contributed by atoms with E-state index in [-0.39, 0.29) is 17.4 Å². The van der Waals surface area contributed by atoms with Crippen LogP contribution in [0.15, 0.2) is 34.7 Å². The molecular formula is C20H22N2O3. The molecule has 25 heavy (non-hydrogen) atoms. The number of fused-ring (bicyclic) bond motifs is 2. The molecule has 5 rings (SSSR count). The number of aryl methyl sites for hydroxylation is 1. The number of likely N-dealkylation sites (tertiary alicyclic amines) is 1. The van der Waals surface area contributed by atoms with Crippen LogP contribution in [0.5, 0.6) is 0 Å². The highest BCUT2D eigenvalue weighted by Gasteiger charge is 2.58. The molecule has 0 radical (unpaired) electrons. The highest BCUT2D eigenvalue weighted by atomic mass is 16.5. The first-order valence-corrected chi connectivity index (χ1v) is 9.09. The second-order valence-corrected chi connectivity index (χ2v) is 7.66. The van der Waals surface area contributed by atoms with Crippen LogP contribution >= 0.6 is 0 Å². The summed E-state index contributed by atoms with van der Waals surface area (Å²) in [5.41, 5.74) is 1.84. The number of carbonyl (C=O) groups excluding carboxylic acids is 1. The topological polar surface area (TPSA) is 55.6 Å². The summed E-state index contributed by atoms with van der Waals surface area (Å²) in [7, 11) is 0. The first-order valence-electron chi connectivity index (χ1n) is 9.09. The Labute approximate surface area is 147 Å². The first-order chi connectivity index (χ1) is 12.2. The van der Waals surface area contributed by atoms with Gasteiger partial charge >= 0.3 is 0 Å². The Hall–Kier alpha value is -2.14. The maximum Gasteiger partial charge on any atom is 0.291 e. The van der Waals surface area contributed by atoms with Crippen molar-refractivity contribution in [1.82, 2.24) is 9.88 Å². The molecule has 2 atom stereocenters. The predicted octanol–water partition coefficient (Wildman–Crippen LogP) is 3.29. The third kappa shape index (κ3) is 2.18. The van der Waals surface area contributed by atoms with Crippen LogP contribution in [-0.4, -0.2) is 41.6 Å². The Morgan fingerprint density at radius 2 is 2.04 bits per heavy atom. The minimum atomic E-state index is -0.0311. The van der Waals surface area contributed by atoms with Crippen molar-refractivity contribution in [1.29, 1.82) is 0 Å². The Kier molecular flexibility index (Phi) is 3.29. The van der Waals surface area contributed by atoms with Crippen LogP contribution in [0, 0.1) is 18.3 Å². The number of carbonyl (C=O) groups is 1. The van der Waals surface area contributed by atoms with Gasteiger partial charge < -0.3 is 14.1 Å². The van der Waals surface area contributed by atoms with Crippen molar-refractivity contribution in [2.24, 2.45) is 11.3 Å². The monoisotopic (exact) mass is 338 g/mol. The van der Waals surface area contributed by atoms with Gasteiger partial charge in [0.2, 0.25) is 11.7 Å². The average Bonchev–Trinajstić information content (AvgIpc) is 3.27. The van der Waals surface area contributed by atoms with E-state index in [1.54, 1.807) is 0 Å². The van der Waals surface area contributed by atoms with E-state index >= 15 is 0 Å². The van der Waals surface area contributed by atoms with Gasteiger partial charge in [0, 0.05) is 18.0 Å². The Morgan fingerprint density at radius 3 is 2.76 bits per heavy atom. The maximum atomic E-state index is 13.2. The summed E-state index contributed by atoms with van der Waals surface area (Å²) in [6.07, 6.45) is 3.70. The van der Waals surface area contributed by atoms with Crippen molar-refractivity contribution >= 4 is 5.91 Å². The van der Waals surface area contributed by atoms with E-state index in [9.17, 15) is 4.79 Å². The maximum absolute atomic E-state index is 13.2. The molecule has 2 aliphatic heterocycles. The third-order valence-electron chi connectivity index (χ3n) is 6.34. The van der Waals surface area contributed by atoms with Crippen LogP contribution in [0.4, 0.5) is 0 Å². The summed E-state index contributed by atoms with van der Waals surface area (Å²) in [6, 6.07) is 9.92. The molecule has 1 aliphatic carbocycles. The van der Waals surface area contributed by atoms with E-state index in [4.69, 9.17) is 9.15 Å². The van der Waals surface area contributed by atoms with Crippen LogP contribution < -0.4 is 0 Å². The van der Waals surface area contributed by atoms with Crippen LogP contribution in [0.1, 0.15) is 35.5 Å². The molecule has 1 aromatic heterocycles. The zero-order chi connectivity index (χ0) is 17.0. The minimum Gasteiger partial charge on any atom is -0.431 e. The quantitative estimate of drug-likeness (QED) is 0.843. The van der Waals surface area contributed by atoms with Crippen molar-refractivity contribution in [2.45, 2.75) is 32.2 Å². The molecule has 0 unspecified atom stereocenters. The Morgan fingerprint density at radius 1 is 1.24 bits per heavy atom. The number of aromatic nitrogens is 1. The van der Waals surface area contributed by atoms with Crippen molar-refractivity contribution in [3.8, 4) is 11.5 Å². The van der Waals surface area contributed by atoms with Gasteiger partial charge in [0.05, 0.1) is 24.9 Å². The summed E-state index contributed by atoms with van der Waals surface area (Å²) in [5.74, 6) is 1.34. The van der Waals surface area contributed by atoms with E-state index in [2.05, 4.69) is 4.98 Å². The summed E-state index contributed by atoms with van der Waals surface area (Å²) in [6.45, 7) is 4.13. The van der Waals surface area contributed by atoms with Gasteiger partial charge in [-0.2, -0.15) is 0 Å². The van der Waals surface area contributed by atoms with Crippen molar-refractivity contribution in [3.63, 3.8) is 0 Å². The van der Waals surface area contributed by atoms with Crippen LogP contribution in [0.2, 0.25) is 0 Å². The lowest BCUT2D eigenvalue weighted by Gasteiger charge is -2.41. The first kappa shape index (κ1) is 15.1. The molecule has 2 saturated heterocycles. The molecule has 3 heterocycles. The lowest BCUT2D eigenvalue weighted by atomic mass is 9.62. The van der Waals surface area contributed by atoms with Gasteiger partial charge in [-0.15, -0.1) is 0 Å². The second-order valence-electron chi connectivity index (χ2n) is 7.66. The molecule has 2 aromatic rings. The number of amides is 1. The molecule has 1 amide bonds. The van der Waals surface area contributed by atoms with Crippen LogP contribution in [-0.2, 0) is 4.74 Å². The van der Waals surface area contributed by atoms with E-state index in [0.29, 0.717) is 29.9 Å². The molecule has 0 N–H and O–H groups in total. The molecule has 5 heteroatoms. The van der Waals surface area contributed by atoms with E-state index in [1.807, 2.05) is 42.2 Å². The molecule has 3 fully saturated rings. The highest BCUT2D eigenvalue weighted by Crippen LogP contribution is 2.56. The lowest BCUT2D eigenvalue weighted by Crippen LogP contribution is -2.40. The Balaban J connectivity index is 1.46. The number of rotatable bonds is 2. The zero-order valence-electron chi connectivity index (χ0n) is 14.4. The van der Waals surface area contributed by atoms with E-state index in [0.717, 1.165) is 18.7 Å². The van der Waals surface area contributed by atoms with Crippen LogP contribution in [0.3, 0.4) is 0 Å². The molecule has 5 nitrogen and oxygen atoms in total. The molecule has 130 valence electrons. The minimum absolute atomic E-state index is 0.0311. The summed E-state index contributed by atoms with van der Waals surface area (Å²) < 4.78 is 11.6. The van der Waals surface area contributed by atoms with Crippen molar-refractivity contribution in [2.75, 3.05) is 19.8 Å². The fourth-order valence-electron chi connectivity index (χ4n) is 4.82. The summed E-state index contributed by atoms with van der Waals surface area (Å²) in [4.78, 5) is 19.7. The van der Waals surface area contributed by atoms with Gasteiger partial charge in [-0.05, 0) is 37.3 Å².